The summed E-state index contributed by atoms with van der Waals surface area (Å²) in [7, 11) is -3.63. The van der Waals surface area contributed by atoms with Gasteiger partial charge in [-0.25, -0.2) is 13.4 Å². The number of halogens is 1. The lowest BCUT2D eigenvalue weighted by molar-refractivity contribution is 0.137. The molecule has 0 aliphatic carbocycles. The predicted octanol–water partition coefficient (Wildman–Crippen LogP) is 3.11. The number of aliphatic hydroxyl groups excluding tert-OH is 1. The molecular weight excluding hydrogens is 400 g/mol. The van der Waals surface area contributed by atoms with E-state index < -0.39 is 15.6 Å². The van der Waals surface area contributed by atoms with Crippen molar-refractivity contribution in [3.05, 3.63) is 34.9 Å². The number of thiazole rings is 1. The van der Waals surface area contributed by atoms with Crippen LogP contribution in [0.1, 0.15) is 19.8 Å². The van der Waals surface area contributed by atoms with Crippen molar-refractivity contribution in [1.29, 1.82) is 0 Å². The molecule has 0 radical (unpaired) electrons. The Bertz CT molecular complexity index is 804. The van der Waals surface area contributed by atoms with E-state index in [0.717, 1.165) is 27.8 Å². The van der Waals surface area contributed by atoms with Gasteiger partial charge in [0.2, 0.25) is 0 Å². The first-order valence-electron chi connectivity index (χ1n) is 7.22. The molecule has 0 amide bonds. The molecule has 1 aliphatic heterocycles. The summed E-state index contributed by atoms with van der Waals surface area (Å²) in [5.74, 6) is 0. The molecule has 1 N–H and O–H groups in total. The van der Waals surface area contributed by atoms with Crippen LogP contribution in [0.5, 0.6) is 0 Å². The van der Waals surface area contributed by atoms with Crippen molar-refractivity contribution in [2.45, 2.75) is 29.5 Å². The average molecular weight is 417 g/mol. The topological polar surface area (TPSA) is 70.5 Å². The zero-order chi connectivity index (χ0) is 16.7. The van der Waals surface area contributed by atoms with Gasteiger partial charge in [0.1, 0.15) is 5.01 Å². The number of aliphatic hydroxyl groups is 1. The number of hydrogen-bond donors (Lipinski definition) is 1. The molecule has 23 heavy (non-hydrogen) atoms. The monoisotopic (exact) mass is 416 g/mol. The van der Waals surface area contributed by atoms with E-state index in [1.165, 1.54) is 10.5 Å². The number of rotatable bonds is 4. The highest BCUT2D eigenvalue weighted by atomic mass is 79.9. The van der Waals surface area contributed by atoms with Crippen LogP contribution in [-0.2, 0) is 10.0 Å². The number of hydrogen-bond acceptors (Lipinski definition) is 5. The van der Waals surface area contributed by atoms with Gasteiger partial charge in [0.15, 0.2) is 4.21 Å². The average Bonchev–Trinajstić information content (AvgIpc) is 3.16. The Morgan fingerprint density at radius 1 is 1.39 bits per heavy atom. The fourth-order valence-corrected chi connectivity index (χ4v) is 6.13. The van der Waals surface area contributed by atoms with E-state index in [-0.39, 0.29) is 10.8 Å². The number of aromatic nitrogens is 1. The molecule has 1 aliphatic rings. The molecule has 124 valence electrons. The van der Waals surface area contributed by atoms with E-state index in [0.29, 0.717) is 18.0 Å². The standard InChI is InChI=1S/C15H17BrN2O3S2/c1-15(10-19)7-2-8-18(15)23(20,21)13-9-17-14(22-13)11-3-5-12(16)6-4-11/h3-6,9,19H,2,7-8,10H2,1H3. The quantitative estimate of drug-likeness (QED) is 0.830. The molecule has 2 heterocycles. The van der Waals surface area contributed by atoms with Crippen molar-refractivity contribution in [2.75, 3.05) is 13.2 Å². The molecule has 0 bridgehead atoms. The van der Waals surface area contributed by atoms with E-state index in [4.69, 9.17) is 0 Å². The third kappa shape index (κ3) is 3.10. The molecule has 1 fully saturated rings. The van der Waals surface area contributed by atoms with Crippen LogP contribution < -0.4 is 0 Å². The zero-order valence-electron chi connectivity index (χ0n) is 12.6. The van der Waals surface area contributed by atoms with Crippen molar-refractivity contribution < 1.29 is 13.5 Å². The van der Waals surface area contributed by atoms with Gasteiger partial charge in [-0.15, -0.1) is 11.3 Å². The Morgan fingerprint density at radius 3 is 2.74 bits per heavy atom. The van der Waals surface area contributed by atoms with Crippen LogP contribution in [0.25, 0.3) is 10.6 Å². The maximum Gasteiger partial charge on any atom is 0.254 e. The van der Waals surface area contributed by atoms with Crippen LogP contribution in [0.3, 0.4) is 0 Å². The molecule has 1 atom stereocenters. The van der Waals surface area contributed by atoms with Crippen LogP contribution in [0.4, 0.5) is 0 Å². The normalized spacial score (nSPS) is 22.6. The van der Waals surface area contributed by atoms with Gasteiger partial charge in [0, 0.05) is 16.6 Å². The van der Waals surface area contributed by atoms with Crippen LogP contribution in [0, 0.1) is 0 Å². The van der Waals surface area contributed by atoms with E-state index in [2.05, 4.69) is 20.9 Å². The van der Waals surface area contributed by atoms with Crippen molar-refractivity contribution in [3.8, 4) is 10.6 Å². The van der Waals surface area contributed by atoms with Crippen molar-refractivity contribution in [1.82, 2.24) is 9.29 Å². The summed E-state index contributed by atoms with van der Waals surface area (Å²) in [5.41, 5.74) is 0.159. The van der Waals surface area contributed by atoms with Crippen LogP contribution >= 0.6 is 27.3 Å². The maximum absolute atomic E-state index is 12.9. The molecule has 0 saturated carbocycles. The lowest BCUT2D eigenvalue weighted by Crippen LogP contribution is -2.47. The molecule has 1 aromatic heterocycles. The second-order valence-corrected chi connectivity index (χ2v) is 9.86. The van der Waals surface area contributed by atoms with E-state index in [9.17, 15) is 13.5 Å². The molecule has 1 saturated heterocycles. The third-order valence-electron chi connectivity index (χ3n) is 4.14. The molecule has 2 aromatic rings. The van der Waals surface area contributed by atoms with Crippen molar-refractivity contribution in [3.63, 3.8) is 0 Å². The van der Waals surface area contributed by atoms with Crippen LogP contribution in [0.2, 0.25) is 0 Å². The molecule has 0 spiro atoms. The molecule has 8 heteroatoms. The summed E-state index contributed by atoms with van der Waals surface area (Å²) in [6.07, 6.45) is 2.84. The summed E-state index contributed by atoms with van der Waals surface area (Å²) < 4.78 is 28.4. The van der Waals surface area contributed by atoms with Gasteiger partial charge >= 0.3 is 0 Å². The highest BCUT2D eigenvalue weighted by Gasteiger charge is 2.44. The number of nitrogens with zero attached hydrogens (tertiary/aromatic N) is 2. The lowest BCUT2D eigenvalue weighted by Gasteiger charge is -2.31. The molecule has 1 aromatic carbocycles. The van der Waals surface area contributed by atoms with E-state index in [1.807, 2.05) is 24.3 Å². The summed E-state index contributed by atoms with van der Waals surface area (Å²) in [6, 6.07) is 7.59. The number of benzene rings is 1. The molecule has 5 nitrogen and oxygen atoms in total. The Labute approximate surface area is 148 Å². The molecular formula is C15H17BrN2O3S2. The van der Waals surface area contributed by atoms with Gasteiger partial charge < -0.3 is 5.11 Å². The van der Waals surface area contributed by atoms with Gasteiger partial charge in [-0.05, 0) is 31.9 Å². The summed E-state index contributed by atoms with van der Waals surface area (Å²) in [6.45, 7) is 2.05. The first-order chi connectivity index (χ1) is 10.9. The first-order valence-corrected chi connectivity index (χ1v) is 10.3. The first kappa shape index (κ1) is 17.0. The minimum absolute atomic E-state index is 0.176. The van der Waals surface area contributed by atoms with Crippen LogP contribution in [0.15, 0.2) is 39.1 Å². The van der Waals surface area contributed by atoms with Gasteiger partial charge in [-0.3, -0.25) is 0 Å². The Hall–Kier alpha value is -0.800. The Balaban J connectivity index is 1.94. The van der Waals surface area contributed by atoms with E-state index >= 15 is 0 Å². The van der Waals surface area contributed by atoms with Crippen molar-refractivity contribution in [2.24, 2.45) is 0 Å². The lowest BCUT2D eigenvalue weighted by atomic mass is 10.0. The van der Waals surface area contributed by atoms with Gasteiger partial charge in [0.25, 0.3) is 10.0 Å². The summed E-state index contributed by atoms with van der Waals surface area (Å²) >= 11 is 4.54. The van der Waals surface area contributed by atoms with Gasteiger partial charge in [-0.2, -0.15) is 4.31 Å². The van der Waals surface area contributed by atoms with Crippen LogP contribution in [-0.4, -0.2) is 41.5 Å². The Morgan fingerprint density at radius 2 is 2.09 bits per heavy atom. The van der Waals surface area contributed by atoms with E-state index in [1.54, 1.807) is 6.92 Å². The Kier molecular flexibility index (Phi) is 4.63. The SMILES string of the molecule is CC1(CO)CCCN1S(=O)(=O)c1cnc(-c2ccc(Br)cc2)s1. The predicted molar refractivity (Wildman–Crippen MR) is 93.9 cm³/mol. The minimum Gasteiger partial charge on any atom is -0.394 e. The summed E-state index contributed by atoms with van der Waals surface area (Å²) in [4.78, 5) is 4.26. The highest BCUT2D eigenvalue weighted by Crippen LogP contribution is 2.37. The molecule has 1 unspecified atom stereocenters. The third-order valence-corrected chi connectivity index (χ3v) is 8.21. The van der Waals surface area contributed by atoms with Gasteiger partial charge in [-0.1, -0.05) is 28.1 Å². The molecule has 3 rings (SSSR count). The summed E-state index contributed by atoms with van der Waals surface area (Å²) in [5, 5.41) is 10.3. The maximum atomic E-state index is 12.9. The fraction of sp³-hybridized carbons (Fsp3) is 0.400. The largest absolute Gasteiger partial charge is 0.394 e. The highest BCUT2D eigenvalue weighted by molar-refractivity contribution is 9.10. The van der Waals surface area contributed by atoms with Crippen molar-refractivity contribution >= 4 is 37.3 Å². The van der Waals surface area contributed by atoms with Gasteiger partial charge in [0.05, 0.1) is 18.3 Å². The fourth-order valence-electron chi connectivity index (χ4n) is 2.78. The number of sulfonamides is 1. The smallest absolute Gasteiger partial charge is 0.254 e. The second kappa shape index (κ2) is 6.25. The minimum atomic E-state index is -3.63. The second-order valence-electron chi connectivity index (χ2n) is 5.83. The zero-order valence-corrected chi connectivity index (χ0v) is 15.8.